The third-order valence-electron chi connectivity index (χ3n) is 4.15. The van der Waals surface area contributed by atoms with Crippen LogP contribution in [0.5, 0.6) is 0 Å². The summed E-state index contributed by atoms with van der Waals surface area (Å²) in [4.78, 5) is 21.7. The number of fused-ring (bicyclic) bond motifs is 4. The van der Waals surface area contributed by atoms with Crippen LogP contribution in [0.1, 0.15) is 0 Å². The Bertz CT molecular complexity index is 1280. The molecule has 0 aliphatic carbocycles. The first-order valence-corrected chi connectivity index (χ1v) is 9.06. The Morgan fingerprint density at radius 1 is 1.08 bits per heavy atom. The molecule has 0 aliphatic rings. The standard InChI is InChI=1S/C18H10BrN3OS/c19-11-7-5-10(6-8-11)14-9-24-18-21-15-12-3-1-2-4-13(12)20-16(15)17(23)22(14)18/h1-9,20H. The third-order valence-corrected chi connectivity index (χ3v) is 5.51. The number of thiazole rings is 1. The van der Waals surface area contributed by atoms with Crippen molar-refractivity contribution >= 4 is 54.2 Å². The monoisotopic (exact) mass is 395 g/mol. The van der Waals surface area contributed by atoms with E-state index < -0.39 is 0 Å². The average Bonchev–Trinajstić information content (AvgIpc) is 3.18. The van der Waals surface area contributed by atoms with Crippen molar-refractivity contribution in [2.45, 2.75) is 0 Å². The first-order chi connectivity index (χ1) is 11.7. The molecule has 2 aromatic carbocycles. The fourth-order valence-corrected chi connectivity index (χ4v) is 4.17. The van der Waals surface area contributed by atoms with Gasteiger partial charge >= 0.3 is 0 Å². The predicted octanol–water partition coefficient (Wildman–Crippen LogP) is 4.82. The Balaban J connectivity index is 1.90. The Morgan fingerprint density at radius 3 is 2.71 bits per heavy atom. The second-order valence-corrected chi connectivity index (χ2v) is 7.31. The number of benzene rings is 2. The molecule has 0 amide bonds. The molecule has 0 bridgehead atoms. The van der Waals surface area contributed by atoms with Crippen LogP contribution in [0.2, 0.25) is 0 Å². The van der Waals surface area contributed by atoms with Gasteiger partial charge in [-0.25, -0.2) is 9.38 Å². The largest absolute Gasteiger partial charge is 0.349 e. The van der Waals surface area contributed by atoms with Gasteiger partial charge in [0.05, 0.1) is 5.69 Å². The number of para-hydroxylation sites is 1. The molecule has 0 unspecified atom stereocenters. The molecule has 116 valence electrons. The average molecular weight is 396 g/mol. The number of aromatic nitrogens is 3. The van der Waals surface area contributed by atoms with E-state index in [0.29, 0.717) is 10.5 Å². The summed E-state index contributed by atoms with van der Waals surface area (Å²) in [5.74, 6) is 0. The highest BCUT2D eigenvalue weighted by Gasteiger charge is 2.15. The molecule has 0 radical (unpaired) electrons. The van der Waals surface area contributed by atoms with Crippen molar-refractivity contribution in [1.29, 1.82) is 0 Å². The van der Waals surface area contributed by atoms with Crippen molar-refractivity contribution in [2.24, 2.45) is 0 Å². The van der Waals surface area contributed by atoms with E-state index in [1.165, 1.54) is 11.3 Å². The lowest BCUT2D eigenvalue weighted by Gasteiger charge is -2.02. The molecule has 6 heteroatoms. The molecule has 0 spiro atoms. The fraction of sp³-hybridized carbons (Fsp3) is 0. The van der Waals surface area contributed by atoms with Gasteiger partial charge in [0.1, 0.15) is 11.0 Å². The van der Waals surface area contributed by atoms with Gasteiger partial charge < -0.3 is 4.98 Å². The number of nitrogens with one attached hydrogen (secondary N) is 1. The zero-order valence-electron chi connectivity index (χ0n) is 12.3. The second kappa shape index (κ2) is 5.03. The van der Waals surface area contributed by atoms with Crippen molar-refractivity contribution in [3.05, 3.63) is 68.7 Å². The molecule has 0 saturated carbocycles. The summed E-state index contributed by atoms with van der Waals surface area (Å²) in [5.41, 5.74) is 4.00. The van der Waals surface area contributed by atoms with Crippen LogP contribution in [0.4, 0.5) is 0 Å². The van der Waals surface area contributed by atoms with Crippen LogP contribution in [0, 0.1) is 0 Å². The molecule has 3 heterocycles. The maximum atomic E-state index is 13.1. The predicted molar refractivity (Wildman–Crippen MR) is 102 cm³/mol. The van der Waals surface area contributed by atoms with Crippen LogP contribution in [0.25, 0.3) is 38.2 Å². The molecule has 5 aromatic rings. The van der Waals surface area contributed by atoms with Crippen LogP contribution in [0.3, 0.4) is 0 Å². The van der Waals surface area contributed by atoms with Gasteiger partial charge in [-0.1, -0.05) is 46.3 Å². The van der Waals surface area contributed by atoms with Gasteiger partial charge in [0.25, 0.3) is 5.56 Å². The zero-order valence-corrected chi connectivity index (χ0v) is 14.7. The highest BCUT2D eigenvalue weighted by molar-refractivity contribution is 9.10. The summed E-state index contributed by atoms with van der Waals surface area (Å²) in [6.07, 6.45) is 0. The van der Waals surface area contributed by atoms with Crippen molar-refractivity contribution < 1.29 is 0 Å². The number of hydrogen-bond donors (Lipinski definition) is 1. The lowest BCUT2D eigenvalue weighted by molar-refractivity contribution is 1.11. The van der Waals surface area contributed by atoms with Crippen LogP contribution < -0.4 is 5.56 Å². The summed E-state index contributed by atoms with van der Waals surface area (Å²) in [5, 5.41) is 2.96. The fourth-order valence-electron chi connectivity index (χ4n) is 3.01. The van der Waals surface area contributed by atoms with Gasteiger partial charge in [-0.15, -0.1) is 11.3 Å². The van der Waals surface area contributed by atoms with E-state index in [9.17, 15) is 4.79 Å². The molecule has 4 nitrogen and oxygen atoms in total. The van der Waals surface area contributed by atoms with Gasteiger partial charge in [0.2, 0.25) is 0 Å². The van der Waals surface area contributed by atoms with E-state index in [-0.39, 0.29) is 5.56 Å². The number of aromatic amines is 1. The smallest absolute Gasteiger partial charge is 0.283 e. The lowest BCUT2D eigenvalue weighted by Crippen LogP contribution is -2.14. The summed E-state index contributed by atoms with van der Waals surface area (Å²) in [6.45, 7) is 0. The SMILES string of the molecule is O=c1c2[nH]c3ccccc3c2nc2scc(-c3ccc(Br)cc3)n12. The first-order valence-electron chi connectivity index (χ1n) is 7.39. The number of H-pyrrole nitrogens is 1. The molecule has 24 heavy (non-hydrogen) atoms. The van der Waals surface area contributed by atoms with Gasteiger partial charge in [-0.2, -0.15) is 0 Å². The Kier molecular flexibility index (Phi) is 2.92. The van der Waals surface area contributed by atoms with Crippen molar-refractivity contribution in [3.63, 3.8) is 0 Å². The van der Waals surface area contributed by atoms with Crippen molar-refractivity contribution in [2.75, 3.05) is 0 Å². The van der Waals surface area contributed by atoms with E-state index in [2.05, 4.69) is 20.9 Å². The maximum Gasteiger partial charge on any atom is 0.283 e. The first kappa shape index (κ1) is 13.9. The minimum atomic E-state index is -0.0645. The molecular formula is C18H10BrN3OS. The van der Waals surface area contributed by atoms with E-state index in [1.807, 2.05) is 53.9 Å². The molecule has 5 rings (SSSR count). The topological polar surface area (TPSA) is 50.2 Å². The van der Waals surface area contributed by atoms with E-state index >= 15 is 0 Å². The van der Waals surface area contributed by atoms with Gasteiger partial charge in [-0.05, 0) is 23.8 Å². The molecular weight excluding hydrogens is 386 g/mol. The summed E-state index contributed by atoms with van der Waals surface area (Å²) in [6, 6.07) is 15.8. The third kappa shape index (κ3) is 1.90. The van der Waals surface area contributed by atoms with Crippen LogP contribution in [-0.2, 0) is 0 Å². The highest BCUT2D eigenvalue weighted by atomic mass is 79.9. The molecule has 1 N–H and O–H groups in total. The summed E-state index contributed by atoms with van der Waals surface area (Å²) in [7, 11) is 0. The van der Waals surface area contributed by atoms with Crippen molar-refractivity contribution in [3.8, 4) is 11.3 Å². The number of hydrogen-bond acceptors (Lipinski definition) is 3. The lowest BCUT2D eigenvalue weighted by atomic mass is 10.2. The van der Waals surface area contributed by atoms with Gasteiger partial charge in [-0.3, -0.25) is 4.79 Å². The van der Waals surface area contributed by atoms with E-state index in [0.717, 1.165) is 32.1 Å². The summed E-state index contributed by atoms with van der Waals surface area (Å²) >= 11 is 4.92. The molecule has 0 atom stereocenters. The van der Waals surface area contributed by atoms with Gasteiger partial charge in [0.15, 0.2) is 4.96 Å². The quantitative estimate of drug-likeness (QED) is 0.442. The molecule has 0 saturated heterocycles. The number of nitrogens with zero attached hydrogens (tertiary/aromatic N) is 2. The normalized spacial score (nSPS) is 11.7. The van der Waals surface area contributed by atoms with Crippen LogP contribution in [0.15, 0.2) is 63.2 Å². The second-order valence-electron chi connectivity index (χ2n) is 5.56. The Hall–Kier alpha value is -2.44. The Labute approximate surface area is 148 Å². The number of halogens is 1. The number of rotatable bonds is 1. The molecule has 0 fully saturated rings. The molecule has 0 aliphatic heterocycles. The van der Waals surface area contributed by atoms with Gasteiger partial charge in [0, 0.05) is 20.8 Å². The van der Waals surface area contributed by atoms with Crippen molar-refractivity contribution in [1.82, 2.24) is 14.4 Å². The van der Waals surface area contributed by atoms with E-state index in [1.54, 1.807) is 4.40 Å². The minimum Gasteiger partial charge on any atom is -0.349 e. The Morgan fingerprint density at radius 2 is 1.88 bits per heavy atom. The zero-order chi connectivity index (χ0) is 16.3. The minimum absolute atomic E-state index is 0.0645. The molecule has 3 aromatic heterocycles. The maximum absolute atomic E-state index is 13.1. The van der Waals surface area contributed by atoms with Crippen LogP contribution >= 0.6 is 27.3 Å². The highest BCUT2D eigenvalue weighted by Crippen LogP contribution is 2.28. The van der Waals surface area contributed by atoms with Crippen LogP contribution in [-0.4, -0.2) is 14.4 Å². The van der Waals surface area contributed by atoms with E-state index in [4.69, 9.17) is 4.98 Å². The summed E-state index contributed by atoms with van der Waals surface area (Å²) < 4.78 is 2.69.